The summed E-state index contributed by atoms with van der Waals surface area (Å²) in [5, 5.41) is 3.28. The predicted molar refractivity (Wildman–Crippen MR) is 125 cm³/mol. The summed E-state index contributed by atoms with van der Waals surface area (Å²) >= 11 is 0. The number of hydrogen-bond donors (Lipinski definition) is 1. The van der Waals surface area contributed by atoms with E-state index in [4.69, 9.17) is 14.2 Å². The fraction of sp³-hybridized carbons (Fsp3) is 0.333. The number of allylic oxidation sites excluding steroid dienone is 3. The van der Waals surface area contributed by atoms with E-state index in [0.717, 1.165) is 29.7 Å². The molecule has 1 N–H and O–H groups in total. The van der Waals surface area contributed by atoms with Crippen molar-refractivity contribution in [3.05, 3.63) is 81.9 Å². The molecule has 1 atom stereocenters. The highest BCUT2D eigenvalue weighted by Gasteiger charge is 2.39. The number of methoxy groups -OCH3 is 1. The molecule has 0 amide bonds. The number of benzene rings is 2. The molecule has 0 aromatic heterocycles. The number of halogens is 1. The number of carbonyl (C=O) groups excluding carboxylic acids is 2. The van der Waals surface area contributed by atoms with Gasteiger partial charge >= 0.3 is 5.97 Å². The minimum absolute atomic E-state index is 0.0377. The number of hydrogen-bond acceptors (Lipinski definition) is 6. The molecule has 0 radical (unpaired) electrons. The first-order chi connectivity index (χ1) is 16.4. The number of Topliss-reactive ketones (excluding diaryl/α,β-unsaturated/α-hetero) is 1. The van der Waals surface area contributed by atoms with E-state index in [-0.39, 0.29) is 24.8 Å². The molecule has 7 heteroatoms. The summed E-state index contributed by atoms with van der Waals surface area (Å²) in [4.78, 5) is 25.9. The van der Waals surface area contributed by atoms with Crippen LogP contribution in [0, 0.1) is 5.82 Å². The van der Waals surface area contributed by atoms with Crippen LogP contribution in [0.4, 0.5) is 4.39 Å². The third-order valence-electron chi connectivity index (χ3n) is 6.12. The van der Waals surface area contributed by atoms with Crippen molar-refractivity contribution in [2.24, 2.45) is 0 Å². The summed E-state index contributed by atoms with van der Waals surface area (Å²) in [6.45, 7) is 4.05. The second-order valence-corrected chi connectivity index (χ2v) is 8.30. The summed E-state index contributed by atoms with van der Waals surface area (Å²) in [6.07, 6.45) is 1.99. The Kier molecular flexibility index (Phi) is 7.01. The SMILES string of the molecule is CCOC(=O)C1=C(C)NC2=C(C(=O)CCC2)[C@@H]1c1ccc(COc2ccc(F)cc2)c(OC)c1. The van der Waals surface area contributed by atoms with E-state index in [1.807, 2.05) is 25.1 Å². The molecule has 1 aliphatic carbocycles. The number of rotatable bonds is 7. The van der Waals surface area contributed by atoms with Gasteiger partial charge in [-0.05, 0) is 62.6 Å². The minimum atomic E-state index is -0.538. The predicted octanol–water partition coefficient (Wildman–Crippen LogP) is 4.94. The molecule has 2 aliphatic rings. The van der Waals surface area contributed by atoms with Crippen molar-refractivity contribution in [3.8, 4) is 11.5 Å². The molecule has 4 rings (SSSR count). The van der Waals surface area contributed by atoms with Crippen LogP contribution >= 0.6 is 0 Å². The Morgan fingerprint density at radius 3 is 2.62 bits per heavy atom. The van der Waals surface area contributed by atoms with Gasteiger partial charge in [0, 0.05) is 34.9 Å². The molecular weight excluding hydrogens is 437 g/mol. The monoisotopic (exact) mass is 465 g/mol. The molecule has 2 aromatic rings. The fourth-order valence-electron chi connectivity index (χ4n) is 4.55. The molecule has 0 saturated carbocycles. The first kappa shape index (κ1) is 23.5. The van der Waals surface area contributed by atoms with Gasteiger partial charge in [-0.2, -0.15) is 0 Å². The van der Waals surface area contributed by atoms with Crippen molar-refractivity contribution in [2.75, 3.05) is 13.7 Å². The number of nitrogens with one attached hydrogen (secondary N) is 1. The van der Waals surface area contributed by atoms with Gasteiger partial charge in [-0.15, -0.1) is 0 Å². The molecule has 0 spiro atoms. The van der Waals surface area contributed by atoms with Crippen molar-refractivity contribution < 1.29 is 28.2 Å². The second kappa shape index (κ2) is 10.1. The zero-order valence-electron chi connectivity index (χ0n) is 19.6. The lowest BCUT2D eigenvalue weighted by molar-refractivity contribution is -0.138. The Hall–Kier alpha value is -3.61. The van der Waals surface area contributed by atoms with Gasteiger partial charge in [0.1, 0.15) is 23.9 Å². The zero-order chi connectivity index (χ0) is 24.2. The summed E-state index contributed by atoms with van der Waals surface area (Å²) in [5.74, 6) is -0.158. The lowest BCUT2D eigenvalue weighted by Crippen LogP contribution is -2.34. The largest absolute Gasteiger partial charge is 0.496 e. The highest BCUT2D eigenvalue weighted by molar-refractivity contribution is 6.03. The average molecular weight is 466 g/mol. The maximum atomic E-state index is 13.2. The first-order valence-electron chi connectivity index (χ1n) is 11.4. The third kappa shape index (κ3) is 4.69. The van der Waals surface area contributed by atoms with E-state index in [9.17, 15) is 14.0 Å². The van der Waals surface area contributed by atoms with Crippen molar-refractivity contribution in [1.29, 1.82) is 0 Å². The van der Waals surface area contributed by atoms with Crippen LogP contribution in [0.5, 0.6) is 11.5 Å². The molecule has 1 aliphatic heterocycles. The molecule has 1 heterocycles. The first-order valence-corrected chi connectivity index (χ1v) is 11.4. The van der Waals surface area contributed by atoms with Gasteiger partial charge in [-0.3, -0.25) is 4.79 Å². The fourth-order valence-corrected chi connectivity index (χ4v) is 4.55. The van der Waals surface area contributed by atoms with Gasteiger partial charge in [0.25, 0.3) is 0 Å². The number of carbonyl (C=O) groups is 2. The molecular formula is C27H28FNO5. The second-order valence-electron chi connectivity index (χ2n) is 8.30. The Bertz CT molecular complexity index is 1170. The van der Waals surface area contributed by atoms with E-state index < -0.39 is 11.9 Å². The molecule has 178 valence electrons. The van der Waals surface area contributed by atoms with Crippen LogP contribution in [-0.4, -0.2) is 25.5 Å². The number of ketones is 1. The van der Waals surface area contributed by atoms with Gasteiger partial charge < -0.3 is 19.5 Å². The van der Waals surface area contributed by atoms with Crippen molar-refractivity contribution in [1.82, 2.24) is 5.32 Å². The van der Waals surface area contributed by atoms with Gasteiger partial charge in [0.15, 0.2) is 5.78 Å². The number of ether oxygens (including phenoxy) is 3. The topological polar surface area (TPSA) is 73.9 Å². The van der Waals surface area contributed by atoms with Crippen molar-refractivity contribution in [3.63, 3.8) is 0 Å². The normalized spacial score (nSPS) is 17.8. The molecule has 0 bridgehead atoms. The summed E-state index contributed by atoms with van der Waals surface area (Å²) in [7, 11) is 1.56. The molecule has 2 aromatic carbocycles. The molecule has 0 fully saturated rings. The van der Waals surface area contributed by atoms with Gasteiger partial charge in [0.05, 0.1) is 19.3 Å². The van der Waals surface area contributed by atoms with E-state index in [2.05, 4.69) is 5.32 Å². The Labute approximate surface area is 198 Å². The Morgan fingerprint density at radius 2 is 1.91 bits per heavy atom. The maximum absolute atomic E-state index is 13.2. The molecule has 0 unspecified atom stereocenters. The average Bonchev–Trinajstić information content (AvgIpc) is 2.83. The molecule has 0 saturated heterocycles. The zero-order valence-corrected chi connectivity index (χ0v) is 19.6. The van der Waals surface area contributed by atoms with Crippen LogP contribution in [0.2, 0.25) is 0 Å². The van der Waals surface area contributed by atoms with Crippen molar-refractivity contribution >= 4 is 11.8 Å². The van der Waals surface area contributed by atoms with Gasteiger partial charge in [0.2, 0.25) is 0 Å². The standard InChI is InChI=1S/C27H28FNO5/c1-4-33-27(31)24-16(2)29-21-6-5-7-22(30)26(21)25(24)17-8-9-18(23(14-17)32-3)15-34-20-12-10-19(28)11-13-20/h8-14,25,29H,4-7,15H2,1-3H3/t25-/m1/s1. The number of esters is 1. The maximum Gasteiger partial charge on any atom is 0.336 e. The highest BCUT2D eigenvalue weighted by atomic mass is 19.1. The lowest BCUT2D eigenvalue weighted by atomic mass is 9.75. The lowest BCUT2D eigenvalue weighted by Gasteiger charge is -2.34. The van der Waals surface area contributed by atoms with Crippen LogP contribution in [0.3, 0.4) is 0 Å². The summed E-state index contributed by atoms with van der Waals surface area (Å²) < 4.78 is 29.9. The number of dihydropyridines is 1. The van der Waals surface area contributed by atoms with E-state index in [1.165, 1.54) is 12.1 Å². The Balaban J connectivity index is 1.71. The minimum Gasteiger partial charge on any atom is -0.496 e. The summed E-state index contributed by atoms with van der Waals surface area (Å²) in [5.41, 5.74) is 4.18. The van der Waals surface area contributed by atoms with E-state index in [0.29, 0.717) is 34.8 Å². The van der Waals surface area contributed by atoms with Crippen molar-refractivity contribution in [2.45, 2.75) is 45.6 Å². The Morgan fingerprint density at radius 1 is 1.15 bits per heavy atom. The van der Waals surface area contributed by atoms with Crippen LogP contribution < -0.4 is 14.8 Å². The quantitative estimate of drug-likeness (QED) is 0.584. The summed E-state index contributed by atoms with van der Waals surface area (Å²) in [6, 6.07) is 11.4. The molecule has 34 heavy (non-hydrogen) atoms. The van der Waals surface area contributed by atoms with Crippen LogP contribution in [0.25, 0.3) is 0 Å². The van der Waals surface area contributed by atoms with Gasteiger partial charge in [-0.25, -0.2) is 9.18 Å². The highest BCUT2D eigenvalue weighted by Crippen LogP contribution is 2.43. The molecule has 6 nitrogen and oxygen atoms in total. The van der Waals surface area contributed by atoms with Crippen LogP contribution in [0.15, 0.2) is 65.0 Å². The van der Waals surface area contributed by atoms with Crippen LogP contribution in [-0.2, 0) is 20.9 Å². The third-order valence-corrected chi connectivity index (χ3v) is 6.12. The van der Waals surface area contributed by atoms with E-state index in [1.54, 1.807) is 26.2 Å². The van der Waals surface area contributed by atoms with E-state index >= 15 is 0 Å². The smallest absolute Gasteiger partial charge is 0.336 e. The van der Waals surface area contributed by atoms with Gasteiger partial charge in [-0.1, -0.05) is 12.1 Å². The van der Waals surface area contributed by atoms with Crippen LogP contribution in [0.1, 0.15) is 50.2 Å².